The van der Waals surface area contributed by atoms with Gasteiger partial charge in [-0.15, -0.1) is 0 Å². The summed E-state index contributed by atoms with van der Waals surface area (Å²) >= 11 is 0. The number of benzene rings is 2. The van der Waals surface area contributed by atoms with E-state index in [9.17, 15) is 0 Å². The van der Waals surface area contributed by atoms with Gasteiger partial charge < -0.3 is 15.4 Å². The Kier molecular flexibility index (Phi) is 5.69. The fourth-order valence-corrected chi connectivity index (χ4v) is 2.79. The SMILES string of the molecule is COc1ccccc1CNc1ccnc(Nc2ccccc2C(C)C)n1. The molecule has 0 spiro atoms. The normalized spacial score (nSPS) is 10.6. The Morgan fingerprint density at radius 1 is 1.00 bits per heavy atom. The van der Waals surface area contributed by atoms with Crippen LogP contribution in [-0.2, 0) is 6.54 Å². The van der Waals surface area contributed by atoms with E-state index in [4.69, 9.17) is 4.74 Å². The van der Waals surface area contributed by atoms with Crippen molar-refractivity contribution in [3.05, 3.63) is 71.9 Å². The quantitative estimate of drug-likeness (QED) is 0.632. The van der Waals surface area contributed by atoms with Crippen LogP contribution in [0.4, 0.5) is 17.5 Å². The van der Waals surface area contributed by atoms with Gasteiger partial charge in [0, 0.05) is 24.0 Å². The molecule has 0 aliphatic rings. The summed E-state index contributed by atoms with van der Waals surface area (Å²) in [4.78, 5) is 8.90. The molecular formula is C21H24N4O. The van der Waals surface area contributed by atoms with Crippen molar-refractivity contribution in [2.45, 2.75) is 26.3 Å². The van der Waals surface area contributed by atoms with Crippen LogP contribution in [0.5, 0.6) is 5.75 Å². The maximum atomic E-state index is 5.39. The molecule has 0 saturated heterocycles. The lowest BCUT2D eigenvalue weighted by atomic mass is 10.0. The number of para-hydroxylation sites is 2. The van der Waals surface area contributed by atoms with Crippen LogP contribution >= 0.6 is 0 Å². The van der Waals surface area contributed by atoms with Crippen LogP contribution in [0.25, 0.3) is 0 Å². The number of anilines is 3. The van der Waals surface area contributed by atoms with Crippen LogP contribution in [-0.4, -0.2) is 17.1 Å². The van der Waals surface area contributed by atoms with Gasteiger partial charge in [0.1, 0.15) is 11.6 Å². The summed E-state index contributed by atoms with van der Waals surface area (Å²) in [6, 6.07) is 18.0. The molecular weight excluding hydrogens is 324 g/mol. The van der Waals surface area contributed by atoms with Crippen molar-refractivity contribution >= 4 is 17.5 Å². The molecule has 1 heterocycles. The Balaban J connectivity index is 1.73. The molecule has 0 fully saturated rings. The summed E-state index contributed by atoms with van der Waals surface area (Å²) < 4.78 is 5.39. The number of ether oxygens (including phenoxy) is 1. The third-order valence-electron chi connectivity index (χ3n) is 4.14. The molecule has 0 unspecified atom stereocenters. The Bertz CT molecular complexity index is 864. The van der Waals surface area contributed by atoms with Crippen LogP contribution in [0.15, 0.2) is 60.8 Å². The standard InChI is InChI=1S/C21H24N4O/c1-15(2)17-9-5-6-10-18(17)24-21-22-13-12-20(25-21)23-14-16-8-4-7-11-19(16)26-3/h4-13,15H,14H2,1-3H3,(H2,22,23,24,25). The summed E-state index contributed by atoms with van der Waals surface area (Å²) in [6.07, 6.45) is 1.75. The number of nitrogens with zero attached hydrogens (tertiary/aromatic N) is 2. The predicted molar refractivity (Wildman–Crippen MR) is 106 cm³/mol. The highest BCUT2D eigenvalue weighted by Crippen LogP contribution is 2.26. The fourth-order valence-electron chi connectivity index (χ4n) is 2.79. The molecule has 0 amide bonds. The third kappa shape index (κ3) is 4.30. The number of nitrogens with one attached hydrogen (secondary N) is 2. The van der Waals surface area contributed by atoms with Crippen molar-refractivity contribution in [1.29, 1.82) is 0 Å². The highest BCUT2D eigenvalue weighted by Gasteiger charge is 2.08. The van der Waals surface area contributed by atoms with Gasteiger partial charge >= 0.3 is 0 Å². The van der Waals surface area contributed by atoms with E-state index in [1.165, 1.54) is 5.56 Å². The Hall–Kier alpha value is -3.08. The van der Waals surface area contributed by atoms with E-state index in [0.29, 0.717) is 18.4 Å². The van der Waals surface area contributed by atoms with Crippen LogP contribution in [0.1, 0.15) is 30.9 Å². The summed E-state index contributed by atoms with van der Waals surface area (Å²) in [7, 11) is 1.68. The maximum Gasteiger partial charge on any atom is 0.229 e. The van der Waals surface area contributed by atoms with E-state index in [-0.39, 0.29) is 0 Å². The molecule has 0 aliphatic heterocycles. The number of aromatic nitrogens is 2. The minimum Gasteiger partial charge on any atom is -0.496 e. The zero-order chi connectivity index (χ0) is 18.4. The van der Waals surface area contributed by atoms with Gasteiger partial charge in [-0.3, -0.25) is 0 Å². The van der Waals surface area contributed by atoms with Crippen molar-refractivity contribution < 1.29 is 4.74 Å². The first-order valence-corrected chi connectivity index (χ1v) is 8.72. The topological polar surface area (TPSA) is 59.1 Å². The minimum atomic E-state index is 0.422. The van der Waals surface area contributed by atoms with E-state index in [2.05, 4.69) is 40.5 Å². The third-order valence-corrected chi connectivity index (χ3v) is 4.14. The summed E-state index contributed by atoms with van der Waals surface area (Å²) in [5.41, 5.74) is 3.35. The lowest BCUT2D eigenvalue weighted by molar-refractivity contribution is 0.410. The summed E-state index contributed by atoms with van der Waals surface area (Å²) in [5, 5.41) is 6.66. The molecule has 5 nitrogen and oxygen atoms in total. The van der Waals surface area contributed by atoms with Gasteiger partial charge in [0.05, 0.1) is 7.11 Å². The molecule has 1 aromatic heterocycles. The first kappa shape index (κ1) is 17.7. The van der Waals surface area contributed by atoms with Gasteiger partial charge in [-0.05, 0) is 29.7 Å². The first-order chi connectivity index (χ1) is 12.7. The molecule has 0 saturated carbocycles. The van der Waals surface area contributed by atoms with Crippen molar-refractivity contribution in [1.82, 2.24) is 9.97 Å². The summed E-state index contributed by atoms with van der Waals surface area (Å²) in [5.74, 6) is 2.61. The lowest BCUT2D eigenvalue weighted by Gasteiger charge is -2.14. The minimum absolute atomic E-state index is 0.422. The molecule has 5 heteroatoms. The van der Waals surface area contributed by atoms with Crippen LogP contribution < -0.4 is 15.4 Å². The number of methoxy groups -OCH3 is 1. The van der Waals surface area contributed by atoms with Crippen molar-refractivity contribution in [2.24, 2.45) is 0 Å². The second-order valence-corrected chi connectivity index (χ2v) is 6.30. The average molecular weight is 348 g/mol. The van der Waals surface area contributed by atoms with Gasteiger partial charge in [0.25, 0.3) is 0 Å². The van der Waals surface area contributed by atoms with Crippen molar-refractivity contribution in [3.63, 3.8) is 0 Å². The highest BCUT2D eigenvalue weighted by molar-refractivity contribution is 5.60. The van der Waals surface area contributed by atoms with Crippen molar-refractivity contribution in [3.8, 4) is 5.75 Å². The fraction of sp³-hybridized carbons (Fsp3) is 0.238. The molecule has 3 rings (SSSR count). The largest absolute Gasteiger partial charge is 0.496 e. The molecule has 3 aromatic rings. The Morgan fingerprint density at radius 2 is 1.77 bits per heavy atom. The Morgan fingerprint density at radius 3 is 2.58 bits per heavy atom. The molecule has 2 N–H and O–H groups in total. The van der Waals surface area contributed by atoms with E-state index in [1.807, 2.05) is 48.5 Å². The smallest absolute Gasteiger partial charge is 0.229 e. The zero-order valence-corrected chi connectivity index (χ0v) is 15.4. The molecule has 0 radical (unpaired) electrons. The predicted octanol–water partition coefficient (Wildman–Crippen LogP) is 4.96. The van der Waals surface area contributed by atoms with E-state index >= 15 is 0 Å². The van der Waals surface area contributed by atoms with Gasteiger partial charge in [-0.25, -0.2) is 4.98 Å². The van der Waals surface area contributed by atoms with E-state index in [1.54, 1.807) is 13.3 Å². The van der Waals surface area contributed by atoms with E-state index < -0.39 is 0 Å². The lowest BCUT2D eigenvalue weighted by Crippen LogP contribution is -2.06. The molecule has 134 valence electrons. The molecule has 2 aromatic carbocycles. The van der Waals surface area contributed by atoms with Gasteiger partial charge in [-0.1, -0.05) is 50.2 Å². The van der Waals surface area contributed by atoms with E-state index in [0.717, 1.165) is 22.8 Å². The van der Waals surface area contributed by atoms with Crippen molar-refractivity contribution in [2.75, 3.05) is 17.7 Å². The zero-order valence-electron chi connectivity index (χ0n) is 15.4. The number of hydrogen-bond acceptors (Lipinski definition) is 5. The summed E-state index contributed by atoms with van der Waals surface area (Å²) in [6.45, 7) is 4.97. The second-order valence-electron chi connectivity index (χ2n) is 6.30. The van der Waals surface area contributed by atoms with Gasteiger partial charge in [-0.2, -0.15) is 4.98 Å². The second kappa shape index (κ2) is 8.34. The van der Waals surface area contributed by atoms with Crippen LogP contribution in [0, 0.1) is 0 Å². The van der Waals surface area contributed by atoms with Gasteiger partial charge in [0.2, 0.25) is 5.95 Å². The monoisotopic (exact) mass is 348 g/mol. The number of hydrogen-bond donors (Lipinski definition) is 2. The first-order valence-electron chi connectivity index (χ1n) is 8.72. The molecule has 26 heavy (non-hydrogen) atoms. The number of rotatable bonds is 7. The highest BCUT2D eigenvalue weighted by atomic mass is 16.5. The molecule has 0 aliphatic carbocycles. The maximum absolute atomic E-state index is 5.39. The molecule has 0 atom stereocenters. The van der Waals surface area contributed by atoms with Crippen LogP contribution in [0.2, 0.25) is 0 Å². The average Bonchev–Trinajstić information content (AvgIpc) is 2.67. The van der Waals surface area contributed by atoms with Crippen LogP contribution in [0.3, 0.4) is 0 Å². The molecule has 0 bridgehead atoms. The van der Waals surface area contributed by atoms with Gasteiger partial charge in [0.15, 0.2) is 0 Å². The Labute approximate surface area is 154 Å².